The fourth-order valence-corrected chi connectivity index (χ4v) is 4.64. The van der Waals surface area contributed by atoms with E-state index < -0.39 is 5.97 Å². The molecule has 1 aliphatic rings. The first-order chi connectivity index (χ1) is 19.7. The second-order valence-electron chi connectivity index (χ2n) is 9.97. The van der Waals surface area contributed by atoms with Gasteiger partial charge < -0.3 is 25.2 Å². The molecule has 2 heterocycles. The molecule has 0 saturated carbocycles. The number of hydrogen-bond donors (Lipinski definition) is 2. The molecule has 4 aromatic rings. The van der Waals surface area contributed by atoms with Gasteiger partial charge in [0.05, 0.1) is 42.0 Å². The predicted molar refractivity (Wildman–Crippen MR) is 159 cm³/mol. The van der Waals surface area contributed by atoms with Crippen LogP contribution >= 0.6 is 0 Å². The lowest BCUT2D eigenvalue weighted by molar-refractivity contribution is -0.118. The van der Waals surface area contributed by atoms with Crippen molar-refractivity contribution in [2.45, 2.75) is 6.42 Å². The number of carbonyl (C=O) groups is 3. The van der Waals surface area contributed by atoms with E-state index in [0.717, 1.165) is 27.7 Å². The lowest BCUT2D eigenvalue weighted by Gasteiger charge is -2.20. The van der Waals surface area contributed by atoms with Gasteiger partial charge in [0.25, 0.3) is 5.91 Å². The van der Waals surface area contributed by atoms with Gasteiger partial charge in [-0.25, -0.2) is 4.79 Å². The van der Waals surface area contributed by atoms with E-state index in [2.05, 4.69) is 20.8 Å². The molecule has 5 rings (SSSR count). The molecule has 3 aromatic carbocycles. The van der Waals surface area contributed by atoms with Gasteiger partial charge in [0.1, 0.15) is 0 Å². The Morgan fingerprint density at radius 1 is 0.902 bits per heavy atom. The standard InChI is InChI=1S/C31H30N6O4/c1-36(2)14-13-27(38)37(3)24-10-8-23(9-11-24)34-29(19-5-6-21-17-32-33-18-22(21)15-19)28-25-12-7-20(31(40)41-4)16-26(25)35-30(28)39/h5-12,15-18,34H,13-14H2,1-4H3,(H,35,39). The highest BCUT2D eigenvalue weighted by Crippen LogP contribution is 2.39. The molecular formula is C31H30N6O4. The Bertz CT molecular complexity index is 1680. The highest BCUT2D eigenvalue weighted by atomic mass is 16.5. The Labute approximate surface area is 237 Å². The summed E-state index contributed by atoms with van der Waals surface area (Å²) >= 11 is 0. The third-order valence-corrected chi connectivity index (χ3v) is 6.94. The van der Waals surface area contributed by atoms with Crippen molar-refractivity contribution in [2.24, 2.45) is 0 Å². The highest BCUT2D eigenvalue weighted by molar-refractivity contribution is 6.37. The van der Waals surface area contributed by atoms with Crippen LogP contribution in [0.5, 0.6) is 0 Å². The molecule has 0 fully saturated rings. The zero-order valence-corrected chi connectivity index (χ0v) is 23.3. The molecule has 2 N–H and O–H groups in total. The normalized spacial score (nSPS) is 13.5. The first kappa shape index (κ1) is 27.5. The number of hydrogen-bond acceptors (Lipinski definition) is 8. The van der Waals surface area contributed by atoms with Crippen molar-refractivity contribution >= 4 is 56.9 Å². The maximum absolute atomic E-state index is 13.4. The summed E-state index contributed by atoms with van der Waals surface area (Å²) in [5.41, 5.74) is 4.77. The SMILES string of the molecule is COC(=O)c1ccc2c(c1)NC(=O)C2=C(Nc1ccc(N(C)C(=O)CCN(C)C)cc1)c1ccc2cnncc2c1. The van der Waals surface area contributed by atoms with Crippen LogP contribution in [0.1, 0.15) is 27.9 Å². The third kappa shape index (κ3) is 5.78. The van der Waals surface area contributed by atoms with Crippen molar-refractivity contribution in [1.82, 2.24) is 15.1 Å². The Morgan fingerprint density at radius 3 is 2.32 bits per heavy atom. The second-order valence-corrected chi connectivity index (χ2v) is 9.97. The minimum Gasteiger partial charge on any atom is -0.465 e. The van der Waals surface area contributed by atoms with Crippen LogP contribution in [-0.2, 0) is 14.3 Å². The van der Waals surface area contributed by atoms with E-state index in [4.69, 9.17) is 4.74 Å². The highest BCUT2D eigenvalue weighted by Gasteiger charge is 2.29. The number of benzene rings is 3. The smallest absolute Gasteiger partial charge is 0.337 e. The third-order valence-electron chi connectivity index (χ3n) is 6.94. The largest absolute Gasteiger partial charge is 0.465 e. The molecule has 0 atom stereocenters. The van der Waals surface area contributed by atoms with E-state index in [-0.39, 0.29) is 11.8 Å². The van der Waals surface area contributed by atoms with E-state index in [1.165, 1.54) is 7.11 Å². The van der Waals surface area contributed by atoms with Crippen molar-refractivity contribution in [2.75, 3.05) is 50.3 Å². The second kappa shape index (κ2) is 11.6. The number of nitrogens with one attached hydrogen (secondary N) is 2. The van der Waals surface area contributed by atoms with Crippen LogP contribution in [0.15, 0.2) is 73.1 Å². The minimum atomic E-state index is -0.487. The van der Waals surface area contributed by atoms with Crippen LogP contribution in [-0.4, -0.2) is 67.7 Å². The zero-order chi connectivity index (χ0) is 29.1. The number of anilines is 3. The molecule has 1 aromatic heterocycles. The van der Waals surface area contributed by atoms with Crippen LogP contribution in [0.3, 0.4) is 0 Å². The topological polar surface area (TPSA) is 117 Å². The minimum absolute atomic E-state index is 0.0204. The number of carbonyl (C=O) groups excluding carboxylic acids is 3. The van der Waals surface area contributed by atoms with Gasteiger partial charge in [-0.15, -0.1) is 0 Å². The van der Waals surface area contributed by atoms with Gasteiger partial charge in [0, 0.05) is 47.7 Å². The molecule has 10 heteroatoms. The Kier molecular flexibility index (Phi) is 7.75. The Balaban J connectivity index is 1.54. The number of fused-ring (bicyclic) bond motifs is 2. The maximum Gasteiger partial charge on any atom is 0.337 e. The molecule has 0 saturated heterocycles. The molecule has 10 nitrogen and oxygen atoms in total. The van der Waals surface area contributed by atoms with Gasteiger partial charge in [-0.05, 0) is 62.1 Å². The van der Waals surface area contributed by atoms with Gasteiger partial charge in [0.15, 0.2) is 0 Å². The number of amides is 2. The number of aromatic nitrogens is 2. The van der Waals surface area contributed by atoms with E-state index in [1.807, 2.05) is 61.5 Å². The van der Waals surface area contributed by atoms with Crippen molar-refractivity contribution < 1.29 is 19.1 Å². The summed E-state index contributed by atoms with van der Waals surface area (Å²) in [5, 5.41) is 16.0. The summed E-state index contributed by atoms with van der Waals surface area (Å²) in [4.78, 5) is 41.7. The summed E-state index contributed by atoms with van der Waals surface area (Å²) in [6, 6.07) is 18.2. The molecule has 208 valence electrons. The van der Waals surface area contributed by atoms with Crippen molar-refractivity contribution in [3.05, 3.63) is 89.7 Å². The Morgan fingerprint density at radius 2 is 1.61 bits per heavy atom. The summed E-state index contributed by atoms with van der Waals surface area (Å²) in [7, 11) is 6.94. The molecule has 0 bridgehead atoms. The van der Waals surface area contributed by atoms with Crippen molar-refractivity contribution in [1.29, 1.82) is 0 Å². The van der Waals surface area contributed by atoms with Gasteiger partial charge in [-0.1, -0.05) is 18.2 Å². The summed E-state index contributed by atoms with van der Waals surface area (Å²) in [5.74, 6) is -0.772. The number of nitrogens with zero attached hydrogens (tertiary/aromatic N) is 4. The average Bonchev–Trinajstić information content (AvgIpc) is 3.32. The van der Waals surface area contributed by atoms with E-state index >= 15 is 0 Å². The first-order valence-electron chi connectivity index (χ1n) is 13.0. The molecule has 0 spiro atoms. The van der Waals surface area contributed by atoms with E-state index in [1.54, 1.807) is 42.5 Å². The van der Waals surface area contributed by atoms with Gasteiger partial charge in [-0.3, -0.25) is 9.59 Å². The lowest BCUT2D eigenvalue weighted by atomic mass is 9.98. The fraction of sp³-hybridized carbons (Fsp3) is 0.194. The molecule has 2 amide bonds. The van der Waals surface area contributed by atoms with E-state index in [9.17, 15) is 14.4 Å². The molecule has 41 heavy (non-hydrogen) atoms. The number of rotatable bonds is 8. The van der Waals surface area contributed by atoms with Crippen molar-refractivity contribution in [3.8, 4) is 0 Å². The predicted octanol–water partition coefficient (Wildman–Crippen LogP) is 4.26. The maximum atomic E-state index is 13.4. The number of ether oxygens (including phenoxy) is 1. The van der Waals surface area contributed by atoms with Crippen molar-refractivity contribution in [3.63, 3.8) is 0 Å². The molecule has 0 radical (unpaired) electrons. The van der Waals surface area contributed by atoms with E-state index in [0.29, 0.717) is 41.1 Å². The fourth-order valence-electron chi connectivity index (χ4n) is 4.64. The Hall–Kier alpha value is -5.09. The van der Waals surface area contributed by atoms with Crippen LogP contribution in [0.25, 0.3) is 22.0 Å². The zero-order valence-electron chi connectivity index (χ0n) is 23.3. The first-order valence-corrected chi connectivity index (χ1v) is 13.0. The summed E-state index contributed by atoms with van der Waals surface area (Å²) in [6.45, 7) is 0.668. The molecule has 0 unspecified atom stereocenters. The van der Waals surface area contributed by atoms with Crippen LogP contribution in [0.4, 0.5) is 17.1 Å². The lowest BCUT2D eigenvalue weighted by Crippen LogP contribution is -2.29. The summed E-state index contributed by atoms with van der Waals surface area (Å²) < 4.78 is 4.84. The van der Waals surface area contributed by atoms with Gasteiger partial charge in [0.2, 0.25) is 5.91 Å². The van der Waals surface area contributed by atoms with Crippen LogP contribution in [0.2, 0.25) is 0 Å². The quantitative estimate of drug-likeness (QED) is 0.247. The number of methoxy groups -OCH3 is 1. The monoisotopic (exact) mass is 550 g/mol. The molecular weight excluding hydrogens is 520 g/mol. The van der Waals surface area contributed by atoms with Crippen LogP contribution in [0, 0.1) is 0 Å². The molecule has 0 aliphatic carbocycles. The number of esters is 1. The van der Waals surface area contributed by atoms with Gasteiger partial charge in [-0.2, -0.15) is 10.2 Å². The molecule has 1 aliphatic heterocycles. The average molecular weight is 551 g/mol. The van der Waals surface area contributed by atoms with Gasteiger partial charge >= 0.3 is 5.97 Å². The summed E-state index contributed by atoms with van der Waals surface area (Å²) in [6.07, 6.45) is 3.77. The van der Waals surface area contributed by atoms with Crippen LogP contribution < -0.4 is 15.5 Å².